The lowest BCUT2D eigenvalue weighted by Crippen LogP contribution is -2.33. The number of aromatic nitrogens is 1. The number of unbranched alkanes of at least 4 members (excludes halogenated alkanes) is 5. The highest BCUT2D eigenvalue weighted by Crippen LogP contribution is 2.09. The number of nitrogens with zero attached hydrogens (tertiary/aromatic N) is 1. The normalized spacial score (nSPS) is 10.9. The SMILES string of the molecule is CCCCCCCC[n+]1cccc2ccccc21. The lowest BCUT2D eigenvalue weighted by atomic mass is 10.1. The zero-order valence-electron chi connectivity index (χ0n) is 11.4. The van der Waals surface area contributed by atoms with E-state index in [-0.39, 0.29) is 0 Å². The van der Waals surface area contributed by atoms with Crippen molar-refractivity contribution in [1.29, 1.82) is 0 Å². The molecule has 1 heterocycles. The first-order chi connectivity index (χ1) is 8.92. The molecule has 0 atom stereocenters. The van der Waals surface area contributed by atoms with Gasteiger partial charge in [0.2, 0.25) is 5.52 Å². The molecule has 0 aliphatic carbocycles. The number of hydrogen-bond acceptors (Lipinski definition) is 0. The number of hydrogen-bond donors (Lipinski definition) is 0. The summed E-state index contributed by atoms with van der Waals surface area (Å²) in [7, 11) is 0. The third kappa shape index (κ3) is 3.56. The van der Waals surface area contributed by atoms with Crippen LogP contribution in [-0.4, -0.2) is 0 Å². The van der Waals surface area contributed by atoms with Gasteiger partial charge >= 0.3 is 0 Å². The van der Waals surface area contributed by atoms with Gasteiger partial charge in [-0.3, -0.25) is 0 Å². The maximum Gasteiger partial charge on any atom is 0.212 e. The third-order valence-electron chi connectivity index (χ3n) is 3.54. The summed E-state index contributed by atoms with van der Waals surface area (Å²) in [4.78, 5) is 0. The summed E-state index contributed by atoms with van der Waals surface area (Å²) >= 11 is 0. The molecule has 2 rings (SSSR count). The van der Waals surface area contributed by atoms with Gasteiger partial charge in [0.05, 0.1) is 0 Å². The van der Waals surface area contributed by atoms with E-state index in [0.29, 0.717) is 0 Å². The Morgan fingerprint density at radius 1 is 0.833 bits per heavy atom. The van der Waals surface area contributed by atoms with Crippen molar-refractivity contribution in [2.75, 3.05) is 0 Å². The summed E-state index contributed by atoms with van der Waals surface area (Å²) in [5.74, 6) is 0. The van der Waals surface area contributed by atoms with Crippen LogP contribution in [0.25, 0.3) is 10.9 Å². The number of pyridine rings is 1. The summed E-state index contributed by atoms with van der Waals surface area (Å²) in [6.07, 6.45) is 10.4. The van der Waals surface area contributed by atoms with Gasteiger partial charge in [-0.1, -0.05) is 44.7 Å². The second-order valence-electron chi connectivity index (χ2n) is 5.03. The minimum atomic E-state index is 1.15. The maximum atomic E-state index is 2.38. The highest BCUT2D eigenvalue weighted by atomic mass is 14.9. The molecule has 1 aromatic carbocycles. The Bertz CT molecular complexity index is 470. The van der Waals surface area contributed by atoms with Crippen LogP contribution in [0.3, 0.4) is 0 Å². The third-order valence-corrected chi connectivity index (χ3v) is 3.54. The Hall–Kier alpha value is -1.37. The van der Waals surface area contributed by atoms with Crippen molar-refractivity contribution in [3.8, 4) is 0 Å². The van der Waals surface area contributed by atoms with Crippen LogP contribution in [0.4, 0.5) is 0 Å². The predicted molar refractivity (Wildman–Crippen MR) is 77.5 cm³/mol. The fourth-order valence-electron chi connectivity index (χ4n) is 2.48. The van der Waals surface area contributed by atoms with Gasteiger partial charge in [-0.15, -0.1) is 0 Å². The van der Waals surface area contributed by atoms with Gasteiger partial charge in [-0.05, 0) is 18.6 Å². The van der Waals surface area contributed by atoms with E-state index in [4.69, 9.17) is 0 Å². The Kier molecular flexibility index (Phi) is 5.19. The predicted octanol–water partition coefficient (Wildman–Crippen LogP) is 4.49. The Balaban J connectivity index is 1.88. The molecule has 1 aromatic heterocycles. The molecule has 1 nitrogen and oxygen atoms in total. The van der Waals surface area contributed by atoms with Crippen molar-refractivity contribution in [3.05, 3.63) is 42.6 Å². The average molecular weight is 242 g/mol. The summed E-state index contributed by atoms with van der Waals surface area (Å²) in [6, 6.07) is 13.0. The molecule has 0 radical (unpaired) electrons. The monoisotopic (exact) mass is 242 g/mol. The van der Waals surface area contributed by atoms with Gasteiger partial charge in [0.1, 0.15) is 6.54 Å². The minimum absolute atomic E-state index is 1.15. The van der Waals surface area contributed by atoms with Crippen LogP contribution in [-0.2, 0) is 6.54 Å². The fraction of sp³-hybridized carbons (Fsp3) is 0.471. The highest BCUT2D eigenvalue weighted by Gasteiger charge is 2.06. The number of para-hydroxylation sites is 1. The average Bonchev–Trinajstić information content (AvgIpc) is 2.43. The first-order valence-electron chi connectivity index (χ1n) is 7.29. The number of benzene rings is 1. The van der Waals surface area contributed by atoms with Crippen LogP contribution < -0.4 is 4.57 Å². The van der Waals surface area contributed by atoms with Gasteiger partial charge in [-0.25, -0.2) is 0 Å². The molecule has 0 spiro atoms. The standard InChI is InChI=1S/C17H24N/c1-2-3-4-5-6-9-14-18-15-10-12-16-11-7-8-13-17(16)18/h7-8,10-13,15H,2-6,9,14H2,1H3/q+1. The Morgan fingerprint density at radius 3 is 2.44 bits per heavy atom. The second-order valence-corrected chi connectivity index (χ2v) is 5.03. The maximum absolute atomic E-state index is 2.38. The number of fused-ring (bicyclic) bond motifs is 1. The Morgan fingerprint density at radius 2 is 1.56 bits per heavy atom. The van der Waals surface area contributed by atoms with Gasteiger partial charge in [0, 0.05) is 23.9 Å². The van der Waals surface area contributed by atoms with Crippen molar-refractivity contribution in [2.45, 2.75) is 52.0 Å². The highest BCUT2D eigenvalue weighted by molar-refractivity contribution is 5.74. The molecule has 0 unspecified atom stereocenters. The van der Waals surface area contributed by atoms with Gasteiger partial charge in [0.25, 0.3) is 0 Å². The Labute approximate surface area is 110 Å². The van der Waals surface area contributed by atoms with Gasteiger partial charge in [-0.2, -0.15) is 4.57 Å². The van der Waals surface area contributed by atoms with Crippen molar-refractivity contribution < 1.29 is 4.57 Å². The van der Waals surface area contributed by atoms with Crippen LogP contribution in [0.2, 0.25) is 0 Å². The van der Waals surface area contributed by atoms with Crippen molar-refractivity contribution in [1.82, 2.24) is 0 Å². The molecule has 18 heavy (non-hydrogen) atoms. The molecule has 0 saturated heterocycles. The quantitative estimate of drug-likeness (QED) is 0.497. The molecule has 2 aromatic rings. The van der Waals surface area contributed by atoms with Crippen LogP contribution >= 0.6 is 0 Å². The van der Waals surface area contributed by atoms with Crippen LogP contribution in [0.5, 0.6) is 0 Å². The second kappa shape index (κ2) is 7.15. The number of aryl methyl sites for hydroxylation is 1. The topological polar surface area (TPSA) is 3.88 Å². The van der Waals surface area contributed by atoms with E-state index in [1.54, 1.807) is 0 Å². The van der Waals surface area contributed by atoms with E-state index >= 15 is 0 Å². The van der Waals surface area contributed by atoms with Crippen LogP contribution in [0, 0.1) is 0 Å². The largest absolute Gasteiger partial charge is 0.212 e. The molecule has 0 aliphatic heterocycles. The smallest absolute Gasteiger partial charge is 0.198 e. The summed E-state index contributed by atoms with van der Waals surface area (Å²) in [5, 5.41) is 1.34. The zero-order valence-corrected chi connectivity index (χ0v) is 11.4. The van der Waals surface area contributed by atoms with Crippen LogP contribution in [0.15, 0.2) is 42.6 Å². The molecule has 0 saturated carbocycles. The van der Waals surface area contributed by atoms with Gasteiger partial charge in [0.15, 0.2) is 6.20 Å². The molecule has 0 N–H and O–H groups in total. The van der Waals surface area contributed by atoms with E-state index in [1.165, 1.54) is 49.4 Å². The van der Waals surface area contributed by atoms with Gasteiger partial charge < -0.3 is 0 Å². The molecular formula is C17H24N+. The lowest BCUT2D eigenvalue weighted by Gasteiger charge is -2.01. The molecule has 0 amide bonds. The van der Waals surface area contributed by atoms with E-state index < -0.39 is 0 Å². The number of rotatable bonds is 7. The van der Waals surface area contributed by atoms with Crippen molar-refractivity contribution in [2.24, 2.45) is 0 Å². The van der Waals surface area contributed by atoms with E-state index in [2.05, 4.69) is 54.1 Å². The molecule has 1 heteroatoms. The fourth-order valence-corrected chi connectivity index (χ4v) is 2.48. The summed E-state index contributed by atoms with van der Waals surface area (Å²) < 4.78 is 2.38. The van der Waals surface area contributed by atoms with Crippen LogP contribution in [0.1, 0.15) is 45.4 Å². The first kappa shape index (κ1) is 13.1. The van der Waals surface area contributed by atoms with E-state index in [0.717, 1.165) is 6.54 Å². The lowest BCUT2D eigenvalue weighted by molar-refractivity contribution is -0.671. The molecule has 0 aliphatic rings. The summed E-state index contributed by atoms with van der Waals surface area (Å²) in [6.45, 7) is 3.42. The molecular weight excluding hydrogens is 218 g/mol. The van der Waals surface area contributed by atoms with Crippen molar-refractivity contribution >= 4 is 10.9 Å². The summed E-state index contributed by atoms with van der Waals surface area (Å²) in [5.41, 5.74) is 1.36. The first-order valence-corrected chi connectivity index (χ1v) is 7.29. The van der Waals surface area contributed by atoms with E-state index in [1.807, 2.05) is 0 Å². The molecule has 96 valence electrons. The molecule has 0 bridgehead atoms. The minimum Gasteiger partial charge on any atom is -0.198 e. The molecule has 0 fully saturated rings. The zero-order chi connectivity index (χ0) is 12.6. The van der Waals surface area contributed by atoms with Crippen molar-refractivity contribution in [3.63, 3.8) is 0 Å². The van der Waals surface area contributed by atoms with E-state index in [9.17, 15) is 0 Å².